The van der Waals surface area contributed by atoms with Crippen molar-refractivity contribution in [1.82, 2.24) is 25.0 Å². The lowest BCUT2D eigenvalue weighted by Crippen LogP contribution is -2.29. The third kappa shape index (κ3) is 4.33. The Morgan fingerprint density at radius 3 is 2.82 bits per heavy atom. The number of aromatic nitrogens is 3. The van der Waals surface area contributed by atoms with Crippen molar-refractivity contribution < 1.29 is 18.0 Å². The van der Waals surface area contributed by atoms with Gasteiger partial charge >= 0.3 is 12.5 Å². The molecule has 28 heavy (non-hydrogen) atoms. The number of alkyl halides is 2. The molecule has 2 aromatic rings. The second-order valence-electron chi connectivity index (χ2n) is 5.90. The molecule has 0 radical (unpaired) electrons. The lowest BCUT2D eigenvalue weighted by Gasteiger charge is -2.14. The maximum Gasteiger partial charge on any atom is 0.324 e. The van der Waals surface area contributed by atoms with Crippen LogP contribution in [0, 0.1) is 0 Å². The molecular weight excluding hydrogens is 436 g/mol. The summed E-state index contributed by atoms with van der Waals surface area (Å²) in [6.45, 7) is 4.36. The van der Waals surface area contributed by atoms with E-state index in [9.17, 15) is 13.6 Å². The SMILES string of the molecule is C=C/C=C(Br)\C=C1/CN(Cc2ccc(-c3nnc(C(F)F)o3)cn2)C(=O)N1C. The van der Waals surface area contributed by atoms with Gasteiger partial charge in [0.1, 0.15) is 0 Å². The number of carbonyl (C=O) groups excluding carboxylic acids is 1. The minimum Gasteiger partial charge on any atom is -0.415 e. The molecule has 1 aliphatic heterocycles. The van der Waals surface area contributed by atoms with Crippen molar-refractivity contribution >= 4 is 22.0 Å². The number of nitrogens with zero attached hydrogens (tertiary/aromatic N) is 5. The first-order valence-corrected chi connectivity index (χ1v) is 8.96. The molecule has 0 unspecified atom stereocenters. The third-order valence-electron chi connectivity index (χ3n) is 3.97. The highest BCUT2D eigenvalue weighted by atomic mass is 79.9. The van der Waals surface area contributed by atoms with E-state index >= 15 is 0 Å². The Morgan fingerprint density at radius 2 is 2.21 bits per heavy atom. The van der Waals surface area contributed by atoms with Gasteiger partial charge in [-0.1, -0.05) is 28.6 Å². The molecule has 0 aliphatic carbocycles. The van der Waals surface area contributed by atoms with Crippen LogP contribution in [0.3, 0.4) is 0 Å². The Labute approximate surface area is 168 Å². The van der Waals surface area contributed by atoms with Crippen molar-refractivity contribution in [3.05, 3.63) is 64.9 Å². The fourth-order valence-corrected chi connectivity index (χ4v) is 3.02. The molecule has 3 rings (SSSR count). The summed E-state index contributed by atoms with van der Waals surface area (Å²) in [5.74, 6) is -0.767. The van der Waals surface area contributed by atoms with Crippen molar-refractivity contribution in [2.75, 3.05) is 13.6 Å². The van der Waals surface area contributed by atoms with Gasteiger partial charge in [-0.2, -0.15) is 8.78 Å². The maximum absolute atomic E-state index is 12.5. The molecule has 0 atom stereocenters. The van der Waals surface area contributed by atoms with Crippen LogP contribution in [-0.4, -0.2) is 44.6 Å². The van der Waals surface area contributed by atoms with Gasteiger partial charge in [-0.15, -0.1) is 10.2 Å². The number of hydrogen-bond donors (Lipinski definition) is 0. The highest BCUT2D eigenvalue weighted by molar-refractivity contribution is 9.11. The van der Waals surface area contributed by atoms with Crippen LogP contribution in [0.1, 0.15) is 18.0 Å². The normalized spacial score (nSPS) is 16.5. The molecule has 0 bridgehead atoms. The lowest BCUT2D eigenvalue weighted by molar-refractivity contribution is 0.116. The smallest absolute Gasteiger partial charge is 0.324 e. The van der Waals surface area contributed by atoms with Crippen LogP contribution in [0.4, 0.5) is 13.6 Å². The fraction of sp³-hybridized carbons (Fsp3) is 0.222. The summed E-state index contributed by atoms with van der Waals surface area (Å²) in [7, 11) is 1.70. The largest absolute Gasteiger partial charge is 0.415 e. The van der Waals surface area contributed by atoms with Crippen molar-refractivity contribution in [2.45, 2.75) is 13.0 Å². The minimum atomic E-state index is -2.82. The van der Waals surface area contributed by atoms with Crippen LogP contribution >= 0.6 is 15.9 Å². The molecule has 2 amide bonds. The quantitative estimate of drug-likeness (QED) is 0.612. The van der Waals surface area contributed by atoms with Crippen LogP contribution < -0.4 is 0 Å². The van der Waals surface area contributed by atoms with E-state index in [-0.39, 0.29) is 11.9 Å². The first-order chi connectivity index (χ1) is 13.4. The molecule has 1 saturated heterocycles. The van der Waals surface area contributed by atoms with Gasteiger partial charge in [-0.25, -0.2) is 4.79 Å². The topological polar surface area (TPSA) is 75.4 Å². The van der Waals surface area contributed by atoms with E-state index in [4.69, 9.17) is 4.42 Å². The number of hydrogen-bond acceptors (Lipinski definition) is 5. The Hall–Kier alpha value is -2.88. The first-order valence-electron chi connectivity index (χ1n) is 8.17. The zero-order valence-corrected chi connectivity index (χ0v) is 16.4. The number of pyridine rings is 1. The fourth-order valence-electron chi connectivity index (χ4n) is 2.57. The van der Waals surface area contributed by atoms with Gasteiger partial charge in [0.15, 0.2) is 0 Å². The summed E-state index contributed by atoms with van der Waals surface area (Å²) >= 11 is 3.40. The molecule has 3 heterocycles. The predicted molar refractivity (Wildman–Crippen MR) is 101 cm³/mol. The summed E-state index contributed by atoms with van der Waals surface area (Å²) in [4.78, 5) is 19.9. The minimum absolute atomic E-state index is 0.0320. The Bertz CT molecular complexity index is 940. The number of urea groups is 1. The average molecular weight is 452 g/mol. The first kappa shape index (κ1) is 19.9. The van der Waals surface area contributed by atoms with Crippen LogP contribution in [0.15, 0.2) is 57.7 Å². The molecule has 0 spiro atoms. The summed E-state index contributed by atoms with van der Waals surface area (Å²) in [5.41, 5.74) is 1.89. The number of halogens is 3. The lowest BCUT2D eigenvalue weighted by atomic mass is 10.2. The standard InChI is InChI=1S/C18H16BrF2N5O2/c1-3-4-12(19)7-14-10-26(18(27)25(14)2)9-13-6-5-11(8-22-13)16-23-24-17(28-16)15(20)21/h3-8,15H,1,9-10H2,2H3/b12-4+,14-7+. The highest BCUT2D eigenvalue weighted by Gasteiger charge is 2.30. The molecule has 7 nitrogen and oxygen atoms in total. The molecule has 1 fully saturated rings. The molecule has 2 aromatic heterocycles. The molecule has 0 N–H and O–H groups in total. The van der Waals surface area contributed by atoms with Crippen LogP contribution in [-0.2, 0) is 6.54 Å². The number of amides is 2. The molecule has 146 valence electrons. The van der Waals surface area contributed by atoms with Crippen molar-refractivity contribution in [1.29, 1.82) is 0 Å². The summed E-state index contributed by atoms with van der Waals surface area (Å²) in [6.07, 6.45) is 3.91. The van der Waals surface area contributed by atoms with E-state index in [1.54, 1.807) is 41.1 Å². The molecule has 0 aromatic carbocycles. The van der Waals surface area contributed by atoms with Gasteiger partial charge in [-0.3, -0.25) is 9.88 Å². The molecule has 10 heteroatoms. The number of likely N-dealkylation sites (N-methyl/N-ethyl adjacent to an activating group) is 1. The van der Waals surface area contributed by atoms with Crippen LogP contribution in [0.5, 0.6) is 0 Å². The van der Waals surface area contributed by atoms with Gasteiger partial charge in [0.25, 0.3) is 5.89 Å². The Kier molecular flexibility index (Phi) is 5.98. The van der Waals surface area contributed by atoms with E-state index in [1.807, 2.05) is 6.08 Å². The third-order valence-corrected chi connectivity index (χ3v) is 4.47. The van der Waals surface area contributed by atoms with Crippen LogP contribution in [0.2, 0.25) is 0 Å². The van der Waals surface area contributed by atoms with Crippen molar-refractivity contribution in [2.24, 2.45) is 0 Å². The van der Waals surface area contributed by atoms with Crippen LogP contribution in [0.25, 0.3) is 11.5 Å². The molecule has 0 saturated carbocycles. The second kappa shape index (κ2) is 8.42. The second-order valence-corrected chi connectivity index (χ2v) is 6.82. The number of rotatable bonds is 6. The van der Waals surface area contributed by atoms with Gasteiger partial charge in [-0.05, 0) is 24.3 Å². The van der Waals surface area contributed by atoms with E-state index in [2.05, 4.69) is 37.7 Å². The van der Waals surface area contributed by atoms with E-state index < -0.39 is 12.3 Å². The summed E-state index contributed by atoms with van der Waals surface area (Å²) in [5, 5.41) is 6.87. The van der Waals surface area contributed by atoms with E-state index in [0.717, 1.165) is 10.2 Å². The zero-order chi connectivity index (χ0) is 20.3. The van der Waals surface area contributed by atoms with Gasteiger partial charge in [0.05, 0.1) is 24.3 Å². The molecular formula is C18H16BrF2N5O2. The summed E-state index contributed by atoms with van der Waals surface area (Å²) in [6, 6.07) is 3.18. The maximum atomic E-state index is 12.5. The predicted octanol–water partition coefficient (Wildman–Crippen LogP) is 4.29. The zero-order valence-electron chi connectivity index (χ0n) is 14.8. The number of allylic oxidation sites excluding steroid dienone is 4. The van der Waals surface area contributed by atoms with E-state index in [1.165, 1.54) is 6.20 Å². The van der Waals surface area contributed by atoms with Crippen molar-refractivity contribution in [3.8, 4) is 11.5 Å². The average Bonchev–Trinajstić information content (AvgIpc) is 3.25. The summed E-state index contributed by atoms with van der Waals surface area (Å²) < 4.78 is 30.8. The van der Waals surface area contributed by atoms with Gasteiger partial charge in [0.2, 0.25) is 5.89 Å². The Balaban J connectivity index is 1.71. The Morgan fingerprint density at radius 1 is 1.43 bits per heavy atom. The highest BCUT2D eigenvalue weighted by Crippen LogP contribution is 2.25. The number of carbonyl (C=O) groups is 1. The molecule has 1 aliphatic rings. The van der Waals surface area contributed by atoms with Gasteiger partial charge < -0.3 is 9.32 Å². The van der Waals surface area contributed by atoms with Crippen molar-refractivity contribution in [3.63, 3.8) is 0 Å². The van der Waals surface area contributed by atoms with E-state index in [0.29, 0.717) is 24.3 Å². The monoisotopic (exact) mass is 451 g/mol. The van der Waals surface area contributed by atoms with Gasteiger partial charge in [0, 0.05) is 23.4 Å².